The summed E-state index contributed by atoms with van der Waals surface area (Å²) in [5, 5.41) is 0.406. The normalized spacial score (nSPS) is 11.1. The number of nitrogens with zero attached hydrogens (tertiary/aromatic N) is 3. The summed E-state index contributed by atoms with van der Waals surface area (Å²) in [5.41, 5.74) is 0.0831. The van der Waals surface area contributed by atoms with Crippen LogP contribution >= 0.6 is 11.6 Å². The Morgan fingerprint density at radius 3 is 2.84 bits per heavy atom. The summed E-state index contributed by atoms with van der Waals surface area (Å²) < 4.78 is 1.26. The van der Waals surface area contributed by atoms with Crippen molar-refractivity contribution < 1.29 is 0 Å². The molecule has 0 fully saturated rings. The summed E-state index contributed by atoms with van der Waals surface area (Å²) in [6.07, 6.45) is 3.05. The first-order valence-electron chi connectivity index (χ1n) is 5.37. The standard InChI is InChI=1S/C11H8ClN5O2/c1-17-9-7(10(18)16-11(17)19)14-8(15-9)5-2-3-13-4-6(5)12/h2-4H,1H3,(H,14,15)(H,16,18,19). The molecule has 0 aromatic carbocycles. The molecule has 3 aromatic heterocycles. The van der Waals surface area contributed by atoms with Gasteiger partial charge in [0.2, 0.25) is 0 Å². The first-order chi connectivity index (χ1) is 9.08. The zero-order valence-corrected chi connectivity index (χ0v) is 10.5. The Bertz CT molecular complexity index is 892. The maximum atomic E-state index is 11.7. The third kappa shape index (κ3) is 1.75. The number of aromatic amines is 2. The summed E-state index contributed by atoms with van der Waals surface area (Å²) in [4.78, 5) is 36.4. The number of pyridine rings is 1. The molecule has 2 N–H and O–H groups in total. The maximum Gasteiger partial charge on any atom is 0.329 e. The number of aryl methyl sites for hydroxylation is 1. The van der Waals surface area contributed by atoms with Gasteiger partial charge in [0, 0.05) is 25.0 Å². The van der Waals surface area contributed by atoms with Gasteiger partial charge in [0.1, 0.15) is 11.3 Å². The molecular weight excluding hydrogens is 270 g/mol. The molecular formula is C11H8ClN5O2. The minimum atomic E-state index is -0.517. The zero-order chi connectivity index (χ0) is 13.6. The molecule has 0 bridgehead atoms. The predicted octanol–water partition coefficient (Wildman–Crippen LogP) is 0.665. The number of imidazole rings is 1. The van der Waals surface area contributed by atoms with Gasteiger partial charge in [-0.15, -0.1) is 0 Å². The number of hydrogen-bond donors (Lipinski definition) is 2. The summed E-state index contributed by atoms with van der Waals surface area (Å²) >= 11 is 6.02. The van der Waals surface area contributed by atoms with E-state index in [1.54, 1.807) is 12.3 Å². The lowest BCUT2D eigenvalue weighted by Crippen LogP contribution is -2.28. The Morgan fingerprint density at radius 2 is 2.11 bits per heavy atom. The predicted molar refractivity (Wildman–Crippen MR) is 70.2 cm³/mol. The Balaban J connectivity index is 2.38. The fraction of sp³-hybridized carbons (Fsp3) is 0.0909. The number of halogens is 1. The molecule has 0 unspecified atom stereocenters. The largest absolute Gasteiger partial charge is 0.332 e. The van der Waals surface area contributed by atoms with Gasteiger partial charge < -0.3 is 4.98 Å². The van der Waals surface area contributed by atoms with E-state index in [-0.39, 0.29) is 11.2 Å². The Morgan fingerprint density at radius 1 is 1.32 bits per heavy atom. The summed E-state index contributed by atoms with van der Waals surface area (Å²) in [5.74, 6) is 0.411. The Kier molecular flexibility index (Phi) is 2.49. The van der Waals surface area contributed by atoms with Gasteiger partial charge in [0.25, 0.3) is 5.56 Å². The van der Waals surface area contributed by atoms with Crippen molar-refractivity contribution in [2.75, 3.05) is 0 Å². The SMILES string of the molecule is Cn1c(=O)[nH]c(=O)c2[nH]c(-c3ccncc3Cl)nc21. The molecule has 7 nitrogen and oxygen atoms in total. The minimum Gasteiger partial charge on any atom is -0.332 e. The van der Waals surface area contributed by atoms with E-state index < -0.39 is 11.2 Å². The van der Waals surface area contributed by atoms with Crippen LogP contribution in [-0.4, -0.2) is 24.5 Å². The molecule has 96 valence electrons. The highest BCUT2D eigenvalue weighted by Gasteiger charge is 2.13. The first-order valence-corrected chi connectivity index (χ1v) is 5.74. The highest BCUT2D eigenvalue weighted by Crippen LogP contribution is 2.24. The molecule has 3 heterocycles. The Labute approximate surface area is 110 Å². The molecule has 0 aliphatic rings. The van der Waals surface area contributed by atoms with Crippen molar-refractivity contribution in [1.29, 1.82) is 0 Å². The molecule has 0 saturated heterocycles. The molecule has 0 atom stereocenters. The molecule has 8 heteroatoms. The van der Waals surface area contributed by atoms with Crippen molar-refractivity contribution in [3.8, 4) is 11.4 Å². The van der Waals surface area contributed by atoms with Crippen LogP contribution in [0, 0.1) is 0 Å². The van der Waals surface area contributed by atoms with E-state index in [2.05, 4.69) is 19.9 Å². The lowest BCUT2D eigenvalue weighted by molar-refractivity contribution is 0.832. The average Bonchev–Trinajstić information content (AvgIpc) is 2.82. The van der Waals surface area contributed by atoms with Gasteiger partial charge in [-0.05, 0) is 6.07 Å². The van der Waals surface area contributed by atoms with Crippen LogP contribution in [0.3, 0.4) is 0 Å². The topological polar surface area (TPSA) is 96.4 Å². The second-order valence-corrected chi connectivity index (χ2v) is 4.37. The quantitative estimate of drug-likeness (QED) is 0.683. The molecule has 0 aliphatic carbocycles. The van der Waals surface area contributed by atoms with Crippen molar-refractivity contribution in [3.63, 3.8) is 0 Å². The van der Waals surface area contributed by atoms with Crippen LogP contribution in [0.5, 0.6) is 0 Å². The van der Waals surface area contributed by atoms with Crippen molar-refractivity contribution in [2.24, 2.45) is 7.05 Å². The van der Waals surface area contributed by atoms with Gasteiger partial charge in [0.05, 0.1) is 5.02 Å². The van der Waals surface area contributed by atoms with E-state index in [1.807, 2.05) is 0 Å². The molecule has 0 radical (unpaired) electrons. The average molecular weight is 278 g/mol. The highest BCUT2D eigenvalue weighted by atomic mass is 35.5. The van der Waals surface area contributed by atoms with Crippen molar-refractivity contribution in [3.05, 3.63) is 44.3 Å². The second-order valence-electron chi connectivity index (χ2n) is 3.96. The summed E-state index contributed by atoms with van der Waals surface area (Å²) in [6, 6.07) is 1.67. The van der Waals surface area contributed by atoms with E-state index in [1.165, 1.54) is 17.8 Å². The summed E-state index contributed by atoms with van der Waals surface area (Å²) in [6.45, 7) is 0. The van der Waals surface area contributed by atoms with E-state index in [4.69, 9.17) is 11.6 Å². The smallest absolute Gasteiger partial charge is 0.329 e. The second kappa shape index (κ2) is 4.06. The number of rotatable bonds is 1. The molecule has 3 rings (SSSR count). The van der Waals surface area contributed by atoms with E-state index in [9.17, 15) is 9.59 Å². The lowest BCUT2D eigenvalue weighted by Gasteiger charge is -1.97. The van der Waals surface area contributed by atoms with Crippen LogP contribution in [-0.2, 0) is 7.05 Å². The van der Waals surface area contributed by atoms with Crippen molar-refractivity contribution >= 4 is 22.8 Å². The molecule has 19 heavy (non-hydrogen) atoms. The fourth-order valence-electron chi connectivity index (χ4n) is 1.80. The van der Waals surface area contributed by atoms with Crippen molar-refractivity contribution in [2.45, 2.75) is 0 Å². The van der Waals surface area contributed by atoms with Crippen molar-refractivity contribution in [1.82, 2.24) is 24.5 Å². The van der Waals surface area contributed by atoms with Gasteiger partial charge in [-0.3, -0.25) is 19.3 Å². The van der Waals surface area contributed by atoms with Crippen LogP contribution in [0.1, 0.15) is 0 Å². The van der Waals surface area contributed by atoms with Crippen LogP contribution in [0.25, 0.3) is 22.6 Å². The first kappa shape index (κ1) is 11.7. The fourth-order valence-corrected chi connectivity index (χ4v) is 2.01. The number of hydrogen-bond acceptors (Lipinski definition) is 4. The number of nitrogens with one attached hydrogen (secondary N) is 2. The molecule has 0 aliphatic heterocycles. The number of H-pyrrole nitrogens is 2. The highest BCUT2D eigenvalue weighted by molar-refractivity contribution is 6.33. The van der Waals surface area contributed by atoms with Crippen LogP contribution < -0.4 is 11.2 Å². The third-order valence-electron chi connectivity index (χ3n) is 2.78. The van der Waals surface area contributed by atoms with Gasteiger partial charge in [0.15, 0.2) is 5.65 Å². The molecule has 3 aromatic rings. The van der Waals surface area contributed by atoms with Gasteiger partial charge in [-0.2, -0.15) is 0 Å². The van der Waals surface area contributed by atoms with E-state index in [0.29, 0.717) is 16.4 Å². The number of fused-ring (bicyclic) bond motifs is 1. The molecule has 0 amide bonds. The third-order valence-corrected chi connectivity index (χ3v) is 3.08. The van der Waals surface area contributed by atoms with E-state index >= 15 is 0 Å². The maximum absolute atomic E-state index is 11.7. The monoisotopic (exact) mass is 277 g/mol. The van der Waals surface area contributed by atoms with Gasteiger partial charge in [-0.25, -0.2) is 9.78 Å². The van der Waals surface area contributed by atoms with Gasteiger partial charge in [-0.1, -0.05) is 11.6 Å². The number of aromatic nitrogens is 5. The molecule has 0 spiro atoms. The minimum absolute atomic E-state index is 0.227. The summed E-state index contributed by atoms with van der Waals surface area (Å²) in [7, 11) is 1.53. The van der Waals surface area contributed by atoms with E-state index in [0.717, 1.165) is 0 Å². The van der Waals surface area contributed by atoms with Gasteiger partial charge >= 0.3 is 5.69 Å². The Hall–Kier alpha value is -2.41. The zero-order valence-electron chi connectivity index (χ0n) is 9.77. The van der Waals surface area contributed by atoms with Crippen LogP contribution in [0.2, 0.25) is 5.02 Å². The van der Waals surface area contributed by atoms with Crippen LogP contribution in [0.4, 0.5) is 0 Å². The van der Waals surface area contributed by atoms with Crippen LogP contribution in [0.15, 0.2) is 28.0 Å². The lowest BCUT2D eigenvalue weighted by atomic mass is 10.2. The molecule has 0 saturated carbocycles.